The molecule has 0 bridgehead atoms. The molecule has 0 saturated carbocycles. The second-order valence-electron chi connectivity index (χ2n) is 6.31. The molecule has 2 aromatic rings. The third-order valence-corrected chi connectivity index (χ3v) is 4.50. The maximum Gasteiger partial charge on any atom is 0.191 e. The lowest BCUT2D eigenvalue weighted by atomic mass is 10.1. The molecule has 1 aromatic heterocycles. The molecular weight excluding hydrogens is 335 g/mol. The third kappa shape index (κ3) is 4.19. The van der Waals surface area contributed by atoms with Gasteiger partial charge in [-0.3, -0.25) is 4.99 Å². The number of nitrogens with zero attached hydrogens (tertiary/aromatic N) is 4. The summed E-state index contributed by atoms with van der Waals surface area (Å²) in [6, 6.07) is 6.40. The van der Waals surface area contributed by atoms with Gasteiger partial charge in [0.25, 0.3) is 0 Å². The molecule has 140 valence electrons. The number of fused-ring (bicyclic) bond motifs is 1. The van der Waals surface area contributed by atoms with Gasteiger partial charge in [0.2, 0.25) is 0 Å². The summed E-state index contributed by atoms with van der Waals surface area (Å²) in [6.07, 6.45) is 1.82. The van der Waals surface area contributed by atoms with Gasteiger partial charge in [-0.05, 0) is 37.5 Å². The highest BCUT2D eigenvalue weighted by molar-refractivity contribution is 5.80. The molecule has 2 N–H and O–H groups in total. The number of hydrogen-bond donors (Lipinski definition) is 2. The minimum Gasteiger partial charge on any atom is -0.375 e. The van der Waals surface area contributed by atoms with Gasteiger partial charge in [0.15, 0.2) is 5.96 Å². The summed E-state index contributed by atoms with van der Waals surface area (Å²) in [7, 11) is 3.37. The van der Waals surface area contributed by atoms with Crippen LogP contribution in [0.5, 0.6) is 0 Å². The Balaban J connectivity index is 1.62. The van der Waals surface area contributed by atoms with E-state index in [-0.39, 0.29) is 18.0 Å². The Labute approximate surface area is 152 Å². The van der Waals surface area contributed by atoms with E-state index in [1.54, 1.807) is 26.3 Å². The summed E-state index contributed by atoms with van der Waals surface area (Å²) in [5.74, 6) is 2.14. The van der Waals surface area contributed by atoms with E-state index in [4.69, 9.17) is 4.74 Å². The monoisotopic (exact) mass is 360 g/mol. The zero-order chi connectivity index (χ0) is 18.5. The van der Waals surface area contributed by atoms with Gasteiger partial charge in [0, 0.05) is 27.2 Å². The van der Waals surface area contributed by atoms with Crippen LogP contribution in [-0.4, -0.2) is 41.4 Å². The summed E-state index contributed by atoms with van der Waals surface area (Å²) >= 11 is 0. The van der Waals surface area contributed by atoms with Crippen LogP contribution < -0.4 is 10.6 Å². The van der Waals surface area contributed by atoms with Gasteiger partial charge in [-0.2, -0.15) is 5.10 Å². The number of aryl methyl sites for hydroxylation is 2. The number of aliphatic imine (C=N–C) groups is 1. The minimum atomic E-state index is -0.259. The summed E-state index contributed by atoms with van der Waals surface area (Å²) in [5.41, 5.74) is 0.907. The lowest BCUT2D eigenvalue weighted by Gasteiger charge is -2.26. The first-order valence-corrected chi connectivity index (χ1v) is 8.77. The highest BCUT2D eigenvalue weighted by atomic mass is 19.1. The van der Waals surface area contributed by atoms with E-state index in [1.807, 2.05) is 11.6 Å². The maximum absolute atomic E-state index is 13.1. The van der Waals surface area contributed by atoms with Crippen LogP contribution in [0.25, 0.3) is 0 Å². The minimum absolute atomic E-state index is 0.0722. The average molecular weight is 360 g/mol. The van der Waals surface area contributed by atoms with Crippen molar-refractivity contribution in [2.75, 3.05) is 20.7 Å². The first kappa shape index (κ1) is 18.3. The van der Waals surface area contributed by atoms with E-state index in [9.17, 15) is 4.39 Å². The van der Waals surface area contributed by atoms with E-state index in [0.717, 1.165) is 36.6 Å². The van der Waals surface area contributed by atoms with Crippen LogP contribution in [0.2, 0.25) is 0 Å². The van der Waals surface area contributed by atoms with Gasteiger partial charge in [-0.25, -0.2) is 14.1 Å². The summed E-state index contributed by atoms with van der Waals surface area (Å²) < 4.78 is 20.6. The van der Waals surface area contributed by atoms with E-state index in [0.29, 0.717) is 12.5 Å². The van der Waals surface area contributed by atoms with Crippen LogP contribution in [-0.2, 0) is 11.3 Å². The first-order chi connectivity index (χ1) is 12.6. The number of aromatic nitrogens is 3. The predicted octanol–water partition coefficient (Wildman–Crippen LogP) is 2.11. The molecule has 0 spiro atoms. The standard InChI is InChI=1S/C18H25FN6O/c1-12-22-17-15(5-4-10-25(17)24-12)23-18(20-2)21-11-16(26-3)13-6-8-14(19)9-7-13/h6-9,15-16H,4-5,10-11H2,1-3H3,(H2,20,21,23). The van der Waals surface area contributed by atoms with Crippen LogP contribution >= 0.6 is 0 Å². The Morgan fingerprint density at radius 2 is 2.19 bits per heavy atom. The Bertz CT molecular complexity index is 758. The zero-order valence-corrected chi connectivity index (χ0v) is 15.4. The SMILES string of the molecule is CN=C(NCC(OC)c1ccc(F)cc1)NC1CCCn2nc(C)nc21. The smallest absolute Gasteiger partial charge is 0.191 e. The van der Waals surface area contributed by atoms with Crippen molar-refractivity contribution in [1.29, 1.82) is 0 Å². The Hall–Kier alpha value is -2.48. The van der Waals surface area contributed by atoms with Gasteiger partial charge in [0.1, 0.15) is 17.5 Å². The summed E-state index contributed by atoms with van der Waals surface area (Å²) in [5, 5.41) is 11.1. The molecule has 0 aliphatic carbocycles. The molecular formula is C18H25FN6O. The van der Waals surface area contributed by atoms with Crippen molar-refractivity contribution < 1.29 is 9.13 Å². The number of guanidine groups is 1. The molecule has 0 fully saturated rings. The van der Waals surface area contributed by atoms with Crippen molar-refractivity contribution >= 4 is 5.96 Å². The maximum atomic E-state index is 13.1. The molecule has 0 amide bonds. The van der Waals surface area contributed by atoms with Crippen LogP contribution in [0, 0.1) is 12.7 Å². The van der Waals surface area contributed by atoms with E-state index < -0.39 is 0 Å². The Kier molecular flexibility index (Phi) is 5.82. The lowest BCUT2D eigenvalue weighted by molar-refractivity contribution is 0.106. The molecule has 0 radical (unpaired) electrons. The topological polar surface area (TPSA) is 76.4 Å². The predicted molar refractivity (Wildman–Crippen MR) is 97.4 cm³/mol. The van der Waals surface area contributed by atoms with Gasteiger partial charge in [-0.15, -0.1) is 0 Å². The van der Waals surface area contributed by atoms with Gasteiger partial charge in [-0.1, -0.05) is 12.1 Å². The number of benzene rings is 1. The van der Waals surface area contributed by atoms with Crippen LogP contribution in [0.3, 0.4) is 0 Å². The fraction of sp³-hybridized carbons (Fsp3) is 0.500. The van der Waals surface area contributed by atoms with Crippen molar-refractivity contribution in [3.63, 3.8) is 0 Å². The third-order valence-electron chi connectivity index (χ3n) is 4.50. The molecule has 1 aromatic carbocycles. The summed E-state index contributed by atoms with van der Waals surface area (Å²) in [4.78, 5) is 8.83. The largest absolute Gasteiger partial charge is 0.375 e. The molecule has 1 aliphatic heterocycles. The molecule has 2 heterocycles. The number of ether oxygens (including phenoxy) is 1. The fourth-order valence-electron chi connectivity index (χ4n) is 3.17. The van der Waals surface area contributed by atoms with Crippen LogP contribution in [0.15, 0.2) is 29.3 Å². The quantitative estimate of drug-likeness (QED) is 0.631. The molecule has 2 atom stereocenters. The average Bonchev–Trinajstić information content (AvgIpc) is 3.03. The molecule has 0 saturated heterocycles. The molecule has 8 heteroatoms. The van der Waals surface area contributed by atoms with Crippen LogP contribution in [0.1, 0.15) is 42.2 Å². The van der Waals surface area contributed by atoms with Gasteiger partial charge < -0.3 is 15.4 Å². The normalized spacial score (nSPS) is 18.3. The zero-order valence-electron chi connectivity index (χ0n) is 15.4. The van der Waals surface area contributed by atoms with Crippen molar-refractivity contribution in [3.8, 4) is 0 Å². The Morgan fingerprint density at radius 1 is 1.42 bits per heavy atom. The molecule has 26 heavy (non-hydrogen) atoms. The second kappa shape index (κ2) is 8.27. The van der Waals surface area contributed by atoms with Crippen molar-refractivity contribution in [2.45, 2.75) is 38.5 Å². The van der Waals surface area contributed by atoms with E-state index >= 15 is 0 Å². The number of methoxy groups -OCH3 is 1. The summed E-state index contributed by atoms with van der Waals surface area (Å²) in [6.45, 7) is 3.32. The van der Waals surface area contributed by atoms with E-state index in [2.05, 4.69) is 25.7 Å². The number of halogens is 1. The van der Waals surface area contributed by atoms with Crippen LogP contribution in [0.4, 0.5) is 4.39 Å². The van der Waals surface area contributed by atoms with Gasteiger partial charge >= 0.3 is 0 Å². The molecule has 2 unspecified atom stereocenters. The van der Waals surface area contributed by atoms with E-state index in [1.165, 1.54) is 12.1 Å². The number of nitrogens with one attached hydrogen (secondary N) is 2. The first-order valence-electron chi connectivity index (χ1n) is 8.77. The highest BCUT2D eigenvalue weighted by Crippen LogP contribution is 2.23. The number of rotatable bonds is 5. The lowest BCUT2D eigenvalue weighted by Crippen LogP contribution is -2.43. The second-order valence-corrected chi connectivity index (χ2v) is 6.31. The van der Waals surface area contributed by atoms with Crippen molar-refractivity contribution in [1.82, 2.24) is 25.4 Å². The fourth-order valence-corrected chi connectivity index (χ4v) is 3.17. The molecule has 3 rings (SSSR count). The molecule has 1 aliphatic rings. The Morgan fingerprint density at radius 3 is 2.88 bits per heavy atom. The van der Waals surface area contributed by atoms with Crippen molar-refractivity contribution in [3.05, 3.63) is 47.3 Å². The number of hydrogen-bond acceptors (Lipinski definition) is 4. The highest BCUT2D eigenvalue weighted by Gasteiger charge is 2.24. The van der Waals surface area contributed by atoms with Crippen molar-refractivity contribution in [2.24, 2.45) is 4.99 Å². The molecule has 7 nitrogen and oxygen atoms in total. The van der Waals surface area contributed by atoms with Gasteiger partial charge in [0.05, 0.1) is 12.1 Å².